The highest BCUT2D eigenvalue weighted by Gasteiger charge is 2.39. The van der Waals surface area contributed by atoms with E-state index in [9.17, 15) is 4.79 Å². The molecular weight excluding hydrogens is 270 g/mol. The molecule has 0 atom stereocenters. The minimum absolute atomic E-state index is 0.0184. The maximum atomic E-state index is 12.1. The monoisotopic (exact) mass is 291 g/mol. The third kappa shape index (κ3) is 3.21. The fourth-order valence-electron chi connectivity index (χ4n) is 2.37. The number of nitrogens with one attached hydrogen (secondary N) is 1. The van der Waals surface area contributed by atoms with E-state index in [2.05, 4.69) is 36.2 Å². The van der Waals surface area contributed by atoms with Gasteiger partial charge in [-0.1, -0.05) is 11.8 Å². The Morgan fingerprint density at radius 2 is 2.30 bits per heavy atom. The number of rotatable bonds is 4. The zero-order valence-corrected chi connectivity index (χ0v) is 12.8. The molecule has 0 bridgehead atoms. The minimum Gasteiger partial charge on any atom is -0.350 e. The van der Waals surface area contributed by atoms with Crippen molar-refractivity contribution < 1.29 is 4.79 Å². The number of thiophene rings is 1. The van der Waals surface area contributed by atoms with Crippen LogP contribution < -0.4 is 11.1 Å². The molecule has 0 aliphatic heterocycles. The first kappa shape index (κ1) is 15.0. The van der Waals surface area contributed by atoms with Gasteiger partial charge in [-0.2, -0.15) is 0 Å². The van der Waals surface area contributed by atoms with Crippen molar-refractivity contribution in [2.45, 2.75) is 24.8 Å². The van der Waals surface area contributed by atoms with Crippen LogP contribution in [0.5, 0.6) is 0 Å². The number of carbonyl (C=O) groups is 1. The highest BCUT2D eigenvalue weighted by molar-refractivity contribution is 7.10. The SMILES string of the molecule is CN(C)C1(CNC(=O)c2csc(C#CCN)c2)CCC1. The average molecular weight is 291 g/mol. The molecule has 0 unspecified atom stereocenters. The van der Waals surface area contributed by atoms with E-state index in [4.69, 9.17) is 5.73 Å². The first-order chi connectivity index (χ1) is 9.57. The van der Waals surface area contributed by atoms with E-state index in [1.54, 1.807) is 0 Å². The summed E-state index contributed by atoms with van der Waals surface area (Å²) in [6.45, 7) is 1.04. The van der Waals surface area contributed by atoms with Crippen molar-refractivity contribution >= 4 is 17.2 Å². The lowest BCUT2D eigenvalue weighted by molar-refractivity contribution is 0.0558. The molecule has 1 heterocycles. The Bertz CT molecular complexity index is 535. The maximum Gasteiger partial charge on any atom is 0.252 e. The zero-order valence-electron chi connectivity index (χ0n) is 12.0. The Labute approximate surface area is 124 Å². The van der Waals surface area contributed by atoms with Gasteiger partial charge in [-0.3, -0.25) is 4.79 Å². The second-order valence-corrected chi connectivity index (χ2v) is 6.27. The Hall–Kier alpha value is -1.35. The van der Waals surface area contributed by atoms with Crippen molar-refractivity contribution in [1.29, 1.82) is 0 Å². The lowest BCUT2D eigenvalue weighted by atomic mass is 9.75. The van der Waals surface area contributed by atoms with Gasteiger partial charge in [-0.15, -0.1) is 11.3 Å². The number of nitrogens with two attached hydrogens (primary N) is 1. The first-order valence-electron chi connectivity index (χ1n) is 6.80. The van der Waals surface area contributed by atoms with Gasteiger partial charge in [0.1, 0.15) is 0 Å². The van der Waals surface area contributed by atoms with Crippen molar-refractivity contribution in [3.63, 3.8) is 0 Å². The van der Waals surface area contributed by atoms with Crippen LogP contribution in [0.3, 0.4) is 0 Å². The van der Waals surface area contributed by atoms with Gasteiger partial charge < -0.3 is 16.0 Å². The van der Waals surface area contributed by atoms with Crippen LogP contribution in [-0.4, -0.2) is 43.5 Å². The Morgan fingerprint density at radius 1 is 1.55 bits per heavy atom. The van der Waals surface area contributed by atoms with E-state index in [0.29, 0.717) is 18.7 Å². The van der Waals surface area contributed by atoms with Gasteiger partial charge in [0.15, 0.2) is 0 Å². The third-order valence-corrected chi connectivity index (χ3v) is 4.83. The molecule has 2 rings (SSSR count). The largest absolute Gasteiger partial charge is 0.350 e. The molecule has 1 aromatic heterocycles. The molecule has 0 aromatic carbocycles. The minimum atomic E-state index is -0.0184. The molecule has 5 heteroatoms. The van der Waals surface area contributed by atoms with Gasteiger partial charge in [0.25, 0.3) is 5.91 Å². The van der Waals surface area contributed by atoms with Gasteiger partial charge in [0.2, 0.25) is 0 Å². The number of carbonyl (C=O) groups excluding carboxylic acids is 1. The summed E-state index contributed by atoms with van der Waals surface area (Å²) < 4.78 is 0. The van der Waals surface area contributed by atoms with Crippen molar-refractivity contribution in [3.05, 3.63) is 21.9 Å². The molecule has 3 N–H and O–H groups in total. The predicted molar refractivity (Wildman–Crippen MR) is 82.9 cm³/mol. The summed E-state index contributed by atoms with van der Waals surface area (Å²) in [6, 6.07) is 1.83. The van der Waals surface area contributed by atoms with E-state index >= 15 is 0 Å². The molecule has 4 nitrogen and oxygen atoms in total. The van der Waals surface area contributed by atoms with Crippen LogP contribution in [0, 0.1) is 11.8 Å². The van der Waals surface area contributed by atoms with Crippen LogP contribution in [0.15, 0.2) is 11.4 Å². The summed E-state index contributed by atoms with van der Waals surface area (Å²) in [6.07, 6.45) is 3.54. The molecule has 1 aliphatic rings. The van der Waals surface area contributed by atoms with Gasteiger partial charge >= 0.3 is 0 Å². The summed E-state index contributed by atoms with van der Waals surface area (Å²) in [4.78, 5) is 15.3. The lowest BCUT2D eigenvalue weighted by Gasteiger charge is -2.47. The Balaban J connectivity index is 1.93. The highest BCUT2D eigenvalue weighted by atomic mass is 32.1. The zero-order chi connectivity index (χ0) is 14.6. The second-order valence-electron chi connectivity index (χ2n) is 5.36. The third-order valence-electron chi connectivity index (χ3n) is 3.99. The van der Waals surface area contributed by atoms with Crippen molar-refractivity contribution in [2.24, 2.45) is 5.73 Å². The predicted octanol–water partition coefficient (Wildman–Crippen LogP) is 1.27. The van der Waals surface area contributed by atoms with Crippen LogP contribution in [0.4, 0.5) is 0 Å². The van der Waals surface area contributed by atoms with E-state index in [0.717, 1.165) is 17.7 Å². The van der Waals surface area contributed by atoms with Crippen LogP contribution >= 0.6 is 11.3 Å². The maximum absolute atomic E-state index is 12.1. The van der Waals surface area contributed by atoms with Gasteiger partial charge in [-0.05, 0) is 39.4 Å². The Morgan fingerprint density at radius 3 is 2.85 bits per heavy atom. The van der Waals surface area contributed by atoms with Crippen molar-refractivity contribution in [3.8, 4) is 11.8 Å². The molecule has 0 saturated heterocycles. The van der Waals surface area contributed by atoms with E-state index in [-0.39, 0.29) is 11.4 Å². The number of amides is 1. The van der Waals surface area contributed by atoms with Crippen LogP contribution in [-0.2, 0) is 0 Å². The van der Waals surface area contributed by atoms with Crippen molar-refractivity contribution in [1.82, 2.24) is 10.2 Å². The second kappa shape index (κ2) is 6.40. The summed E-state index contributed by atoms with van der Waals surface area (Å²) in [5.74, 6) is 5.73. The molecule has 20 heavy (non-hydrogen) atoms. The molecule has 0 spiro atoms. The topological polar surface area (TPSA) is 58.4 Å². The van der Waals surface area contributed by atoms with Crippen LogP contribution in [0.1, 0.15) is 34.5 Å². The van der Waals surface area contributed by atoms with Gasteiger partial charge in [-0.25, -0.2) is 0 Å². The van der Waals surface area contributed by atoms with Gasteiger partial charge in [0.05, 0.1) is 17.0 Å². The number of hydrogen-bond acceptors (Lipinski definition) is 4. The first-order valence-corrected chi connectivity index (χ1v) is 7.68. The summed E-state index contributed by atoms with van der Waals surface area (Å²) in [5.41, 5.74) is 6.17. The molecular formula is C15H21N3OS. The molecule has 1 aliphatic carbocycles. The fraction of sp³-hybridized carbons (Fsp3) is 0.533. The summed E-state index contributed by atoms with van der Waals surface area (Å²) in [7, 11) is 4.16. The molecule has 1 aromatic rings. The van der Waals surface area contributed by atoms with E-state index < -0.39 is 0 Å². The standard InChI is InChI=1S/C15H21N3OS/c1-18(2)15(6-4-7-15)11-17-14(19)12-9-13(20-10-12)5-3-8-16/h9-10H,4,6-8,11,16H2,1-2H3,(H,17,19). The highest BCUT2D eigenvalue weighted by Crippen LogP contribution is 2.35. The lowest BCUT2D eigenvalue weighted by Crippen LogP contribution is -2.57. The van der Waals surface area contributed by atoms with Crippen molar-refractivity contribution in [2.75, 3.05) is 27.2 Å². The molecule has 1 amide bonds. The summed E-state index contributed by atoms with van der Waals surface area (Å²) >= 11 is 1.48. The van der Waals surface area contributed by atoms with E-state index in [1.807, 2.05) is 11.4 Å². The number of hydrogen-bond donors (Lipinski definition) is 2. The average Bonchev–Trinajstić information content (AvgIpc) is 2.83. The van der Waals surface area contributed by atoms with E-state index in [1.165, 1.54) is 17.8 Å². The Kier molecular flexibility index (Phi) is 4.81. The number of nitrogens with zero attached hydrogens (tertiary/aromatic N) is 1. The molecule has 1 saturated carbocycles. The van der Waals surface area contributed by atoms with Crippen LogP contribution in [0.2, 0.25) is 0 Å². The molecule has 108 valence electrons. The quantitative estimate of drug-likeness (QED) is 0.822. The van der Waals surface area contributed by atoms with Gasteiger partial charge in [0, 0.05) is 17.5 Å². The number of likely N-dealkylation sites (N-methyl/N-ethyl adjacent to an activating group) is 1. The van der Waals surface area contributed by atoms with Crippen LogP contribution in [0.25, 0.3) is 0 Å². The smallest absolute Gasteiger partial charge is 0.252 e. The normalized spacial score (nSPS) is 16.2. The fourth-order valence-corrected chi connectivity index (χ4v) is 3.13. The summed E-state index contributed by atoms with van der Waals surface area (Å²) in [5, 5.41) is 4.89. The molecule has 0 radical (unpaired) electrons. The molecule has 1 fully saturated rings.